The van der Waals surface area contributed by atoms with Crippen LogP contribution in [0.4, 0.5) is 0 Å². The molecule has 0 heterocycles. The van der Waals surface area contributed by atoms with E-state index in [0.29, 0.717) is 19.0 Å². The van der Waals surface area contributed by atoms with Gasteiger partial charge in [0.1, 0.15) is 16.7 Å². The van der Waals surface area contributed by atoms with E-state index < -0.39 is 11.4 Å². The lowest BCUT2D eigenvalue weighted by Crippen LogP contribution is -2.43. The topological polar surface area (TPSA) is 44.8 Å². The van der Waals surface area contributed by atoms with Gasteiger partial charge < -0.3 is 14.0 Å². The molecule has 2 aromatic carbocycles. The van der Waals surface area contributed by atoms with E-state index >= 15 is 0 Å². The molecule has 0 saturated carbocycles. The summed E-state index contributed by atoms with van der Waals surface area (Å²) >= 11 is -1.15. The van der Waals surface area contributed by atoms with Crippen molar-refractivity contribution < 1.29 is 14.0 Å². The molecule has 0 aliphatic carbocycles. The van der Waals surface area contributed by atoms with Gasteiger partial charge in [-0.1, -0.05) is 51.1 Å². The molecule has 2 aromatic rings. The van der Waals surface area contributed by atoms with E-state index in [1.807, 2.05) is 54.6 Å². The number of allylic oxidation sites excluding steroid dienone is 1. The maximum absolute atomic E-state index is 13.8. The van der Waals surface area contributed by atoms with Crippen LogP contribution in [0.15, 0.2) is 61.2 Å². The number of benzene rings is 2. The molecule has 3 atom stereocenters. The van der Waals surface area contributed by atoms with Crippen molar-refractivity contribution in [3.8, 4) is 11.5 Å². The van der Waals surface area contributed by atoms with Crippen LogP contribution in [0.5, 0.6) is 11.5 Å². The Hall–Kier alpha value is -1.95. The summed E-state index contributed by atoms with van der Waals surface area (Å²) in [4.78, 5) is 0. The predicted molar refractivity (Wildman–Crippen MR) is 126 cm³/mol. The Balaban J connectivity index is 2.29. The first-order valence-corrected chi connectivity index (χ1v) is 11.6. The van der Waals surface area contributed by atoms with Crippen LogP contribution in [0, 0.1) is 11.8 Å². The van der Waals surface area contributed by atoms with Gasteiger partial charge in [-0.05, 0) is 41.8 Å². The zero-order chi connectivity index (χ0) is 22.1. The molecule has 0 radical (unpaired) electrons. The first kappa shape index (κ1) is 24.3. The molecule has 3 unspecified atom stereocenters. The highest BCUT2D eigenvalue weighted by Crippen LogP contribution is 2.29. The van der Waals surface area contributed by atoms with Gasteiger partial charge in [0.25, 0.3) is 0 Å². The zero-order valence-corrected chi connectivity index (χ0v) is 19.7. The lowest BCUT2D eigenvalue weighted by molar-refractivity contribution is 0.355. The summed E-state index contributed by atoms with van der Waals surface area (Å²) in [6.07, 6.45) is 2.78. The fourth-order valence-electron chi connectivity index (χ4n) is 3.71. The lowest BCUT2D eigenvalue weighted by atomic mass is 9.95. The Morgan fingerprint density at radius 1 is 0.900 bits per heavy atom. The van der Waals surface area contributed by atoms with Gasteiger partial charge >= 0.3 is 0 Å². The molecule has 0 aliphatic rings. The highest BCUT2D eigenvalue weighted by atomic mass is 32.2. The van der Waals surface area contributed by atoms with Gasteiger partial charge in [-0.3, -0.25) is 0 Å². The Kier molecular flexibility index (Phi) is 9.76. The number of hydrogen-bond acceptors (Lipinski definition) is 4. The maximum Gasteiger partial charge on any atom is 0.140 e. The minimum Gasteiger partial charge on any atom is -0.598 e. The minimum atomic E-state index is -1.15. The third-order valence-electron chi connectivity index (χ3n) is 5.28. The SMILES string of the molecule is C=CCC(C)C(C(C)C)[S+]([O-])N(Cc1ccc(OC)cc1)Cc1ccc(OC)cc1. The van der Waals surface area contributed by atoms with Crippen molar-refractivity contribution in [3.63, 3.8) is 0 Å². The Morgan fingerprint density at radius 2 is 1.33 bits per heavy atom. The van der Waals surface area contributed by atoms with Crippen LogP contribution in [0.1, 0.15) is 38.3 Å². The van der Waals surface area contributed by atoms with Gasteiger partial charge in [0.15, 0.2) is 0 Å². The van der Waals surface area contributed by atoms with Crippen molar-refractivity contribution in [2.24, 2.45) is 11.8 Å². The van der Waals surface area contributed by atoms with Crippen molar-refractivity contribution >= 4 is 11.4 Å². The summed E-state index contributed by atoms with van der Waals surface area (Å²) in [6.45, 7) is 11.6. The average molecular weight is 430 g/mol. The molecule has 4 nitrogen and oxygen atoms in total. The summed E-state index contributed by atoms with van der Waals surface area (Å²) in [6, 6.07) is 15.9. The zero-order valence-electron chi connectivity index (χ0n) is 18.8. The van der Waals surface area contributed by atoms with Gasteiger partial charge in [-0.25, -0.2) is 0 Å². The molecular weight excluding hydrogens is 394 g/mol. The largest absolute Gasteiger partial charge is 0.598 e. The van der Waals surface area contributed by atoms with Crippen LogP contribution in [0.3, 0.4) is 0 Å². The molecule has 0 amide bonds. The predicted octanol–water partition coefficient (Wildman–Crippen LogP) is 5.61. The van der Waals surface area contributed by atoms with Gasteiger partial charge in [-0.15, -0.1) is 10.9 Å². The van der Waals surface area contributed by atoms with E-state index in [-0.39, 0.29) is 11.2 Å². The number of hydrogen-bond donors (Lipinski definition) is 0. The van der Waals surface area contributed by atoms with Crippen LogP contribution in [-0.2, 0) is 24.5 Å². The van der Waals surface area contributed by atoms with Crippen LogP contribution in [-0.4, -0.2) is 28.3 Å². The van der Waals surface area contributed by atoms with Gasteiger partial charge in [0.2, 0.25) is 0 Å². The van der Waals surface area contributed by atoms with Crippen molar-refractivity contribution in [1.82, 2.24) is 4.31 Å². The number of methoxy groups -OCH3 is 2. The molecule has 30 heavy (non-hydrogen) atoms. The fraction of sp³-hybridized carbons (Fsp3) is 0.440. The fourth-order valence-corrected chi connectivity index (χ4v) is 5.58. The molecule has 0 aliphatic heterocycles. The number of nitrogens with zero attached hydrogens (tertiary/aromatic N) is 1. The summed E-state index contributed by atoms with van der Waals surface area (Å²) in [7, 11) is 3.32. The molecule has 0 fully saturated rings. The second-order valence-electron chi connectivity index (χ2n) is 7.98. The van der Waals surface area contributed by atoms with E-state index in [2.05, 4.69) is 31.7 Å². The second kappa shape index (κ2) is 12.0. The molecule has 5 heteroatoms. The Bertz CT molecular complexity index is 711. The molecule has 0 aromatic heterocycles. The van der Waals surface area contributed by atoms with E-state index in [4.69, 9.17) is 9.47 Å². The molecular formula is C25H35NO3S. The van der Waals surface area contributed by atoms with Crippen LogP contribution in [0.25, 0.3) is 0 Å². The van der Waals surface area contributed by atoms with Crippen molar-refractivity contribution in [1.29, 1.82) is 0 Å². The smallest absolute Gasteiger partial charge is 0.140 e. The molecule has 0 N–H and O–H groups in total. The molecule has 0 spiro atoms. The van der Waals surface area contributed by atoms with Crippen molar-refractivity contribution in [3.05, 3.63) is 72.3 Å². The highest BCUT2D eigenvalue weighted by molar-refractivity contribution is 7.89. The summed E-state index contributed by atoms with van der Waals surface area (Å²) in [5, 5.41) is 0.0551. The third-order valence-corrected chi connectivity index (χ3v) is 7.52. The standard InChI is InChI=1S/C25H35NO3S/c1-7-8-20(4)25(19(2)3)30(27)26(17-21-9-13-23(28-5)14-10-21)18-22-11-15-24(29-6)16-12-22/h7,9-16,19-20,25H,1,8,17-18H2,2-6H3. The van der Waals surface area contributed by atoms with Gasteiger partial charge in [-0.2, -0.15) is 0 Å². The maximum atomic E-state index is 13.8. The Labute approximate surface area is 185 Å². The van der Waals surface area contributed by atoms with E-state index in [1.165, 1.54) is 0 Å². The Morgan fingerprint density at radius 3 is 1.67 bits per heavy atom. The lowest BCUT2D eigenvalue weighted by Gasteiger charge is -2.35. The summed E-state index contributed by atoms with van der Waals surface area (Å²) < 4.78 is 26.4. The first-order valence-electron chi connectivity index (χ1n) is 10.4. The van der Waals surface area contributed by atoms with Crippen LogP contribution in [0.2, 0.25) is 0 Å². The monoisotopic (exact) mass is 429 g/mol. The van der Waals surface area contributed by atoms with Crippen LogP contribution < -0.4 is 9.47 Å². The van der Waals surface area contributed by atoms with Crippen molar-refractivity contribution in [2.75, 3.05) is 14.2 Å². The normalized spacial score (nSPS) is 14.4. The quantitative estimate of drug-likeness (QED) is 0.325. The van der Waals surface area contributed by atoms with Crippen molar-refractivity contribution in [2.45, 2.75) is 45.5 Å². The summed E-state index contributed by atoms with van der Waals surface area (Å²) in [5.41, 5.74) is 2.22. The second-order valence-corrected chi connectivity index (χ2v) is 9.59. The highest BCUT2D eigenvalue weighted by Gasteiger charge is 2.36. The van der Waals surface area contributed by atoms with E-state index in [1.54, 1.807) is 14.2 Å². The number of ether oxygens (including phenoxy) is 2. The molecule has 0 bridgehead atoms. The minimum absolute atomic E-state index is 0.0551. The van der Waals surface area contributed by atoms with Gasteiger partial charge in [0, 0.05) is 23.2 Å². The molecule has 2 rings (SSSR count). The third kappa shape index (κ3) is 6.79. The first-order chi connectivity index (χ1) is 14.4. The van der Waals surface area contributed by atoms with E-state index in [0.717, 1.165) is 29.0 Å². The summed E-state index contributed by atoms with van der Waals surface area (Å²) in [5.74, 6) is 2.23. The van der Waals surface area contributed by atoms with Crippen LogP contribution >= 0.6 is 0 Å². The van der Waals surface area contributed by atoms with Gasteiger partial charge in [0.05, 0.1) is 27.3 Å². The number of rotatable bonds is 12. The average Bonchev–Trinajstić information content (AvgIpc) is 2.74. The molecule has 164 valence electrons. The van der Waals surface area contributed by atoms with E-state index in [9.17, 15) is 4.55 Å². The molecule has 0 saturated heterocycles.